The van der Waals surface area contributed by atoms with Crippen LogP contribution in [0.4, 0.5) is 30.6 Å². The second-order valence-corrected chi connectivity index (χ2v) is 4.92. The number of nitrogens with one attached hydrogen (secondary N) is 2. The lowest BCUT2D eigenvalue weighted by atomic mass is 10.2. The van der Waals surface area contributed by atoms with Gasteiger partial charge in [-0.2, -0.15) is 18.2 Å². The number of benzene rings is 1. The van der Waals surface area contributed by atoms with Crippen LogP contribution in [0.15, 0.2) is 30.5 Å². The Hall–Kier alpha value is -2.02. The molecule has 4 nitrogen and oxygen atoms in total. The van der Waals surface area contributed by atoms with Gasteiger partial charge in [-0.3, -0.25) is 0 Å². The summed E-state index contributed by atoms with van der Waals surface area (Å²) in [7, 11) is 0. The Labute approximate surface area is 130 Å². The second-order valence-electron chi connectivity index (χ2n) is 4.51. The first-order chi connectivity index (χ1) is 10.4. The largest absolute Gasteiger partial charge is 0.416 e. The van der Waals surface area contributed by atoms with E-state index in [2.05, 4.69) is 20.6 Å². The fourth-order valence-corrected chi connectivity index (χ4v) is 1.85. The van der Waals surface area contributed by atoms with E-state index >= 15 is 0 Å². The monoisotopic (exact) mass is 330 g/mol. The number of nitrogens with zero attached hydrogens (tertiary/aromatic N) is 2. The molecule has 0 amide bonds. The molecule has 0 radical (unpaired) electrons. The highest BCUT2D eigenvalue weighted by atomic mass is 35.5. The van der Waals surface area contributed by atoms with E-state index in [4.69, 9.17) is 11.6 Å². The molecule has 0 saturated heterocycles. The van der Waals surface area contributed by atoms with Crippen molar-refractivity contribution in [2.24, 2.45) is 0 Å². The molecule has 22 heavy (non-hydrogen) atoms. The minimum absolute atomic E-state index is 0.101. The molecule has 2 rings (SSSR count). The fourth-order valence-electron chi connectivity index (χ4n) is 1.69. The van der Waals surface area contributed by atoms with Gasteiger partial charge in [-0.25, -0.2) is 4.98 Å². The van der Waals surface area contributed by atoms with Crippen LogP contribution in [0.1, 0.15) is 18.9 Å². The Morgan fingerprint density at radius 3 is 2.68 bits per heavy atom. The summed E-state index contributed by atoms with van der Waals surface area (Å²) in [6.07, 6.45) is -2.01. The zero-order chi connectivity index (χ0) is 16.2. The van der Waals surface area contributed by atoms with E-state index < -0.39 is 11.7 Å². The predicted molar refractivity (Wildman–Crippen MR) is 80.5 cm³/mol. The van der Waals surface area contributed by atoms with Gasteiger partial charge in [0.2, 0.25) is 5.95 Å². The number of hydrogen-bond acceptors (Lipinski definition) is 4. The van der Waals surface area contributed by atoms with Gasteiger partial charge in [0.05, 0.1) is 16.3 Å². The van der Waals surface area contributed by atoms with Gasteiger partial charge in [0, 0.05) is 12.7 Å². The number of halogens is 4. The summed E-state index contributed by atoms with van der Waals surface area (Å²) in [4.78, 5) is 8.14. The molecule has 0 unspecified atom stereocenters. The number of alkyl halides is 3. The lowest BCUT2D eigenvalue weighted by Crippen LogP contribution is -2.07. The molecule has 0 fully saturated rings. The maximum atomic E-state index is 12.7. The molecule has 0 spiro atoms. The number of hydrogen-bond donors (Lipinski definition) is 2. The topological polar surface area (TPSA) is 49.8 Å². The highest BCUT2D eigenvalue weighted by Crippen LogP contribution is 2.34. The molecule has 0 saturated carbocycles. The molecule has 0 aliphatic rings. The van der Waals surface area contributed by atoms with Crippen molar-refractivity contribution in [1.82, 2.24) is 9.97 Å². The van der Waals surface area contributed by atoms with Crippen molar-refractivity contribution in [3.63, 3.8) is 0 Å². The van der Waals surface area contributed by atoms with Crippen molar-refractivity contribution in [2.75, 3.05) is 17.2 Å². The first-order valence-corrected chi connectivity index (χ1v) is 6.98. The van der Waals surface area contributed by atoms with Crippen LogP contribution in [0.2, 0.25) is 5.02 Å². The van der Waals surface area contributed by atoms with Gasteiger partial charge in [0.1, 0.15) is 5.82 Å². The summed E-state index contributed by atoms with van der Waals surface area (Å²) in [5.74, 6) is 0.754. The van der Waals surface area contributed by atoms with E-state index in [0.29, 0.717) is 5.82 Å². The zero-order valence-corrected chi connectivity index (χ0v) is 12.5. The Morgan fingerprint density at radius 2 is 2.00 bits per heavy atom. The first-order valence-electron chi connectivity index (χ1n) is 6.61. The summed E-state index contributed by atoms with van der Waals surface area (Å²) in [5.41, 5.74) is -0.691. The van der Waals surface area contributed by atoms with Crippen LogP contribution in [0.25, 0.3) is 0 Å². The van der Waals surface area contributed by atoms with Gasteiger partial charge in [-0.1, -0.05) is 18.5 Å². The fraction of sp³-hybridized carbons (Fsp3) is 0.286. The highest BCUT2D eigenvalue weighted by molar-refractivity contribution is 6.33. The van der Waals surface area contributed by atoms with Crippen molar-refractivity contribution < 1.29 is 13.2 Å². The number of anilines is 3. The smallest absolute Gasteiger partial charge is 0.370 e. The molecule has 0 aliphatic heterocycles. The summed E-state index contributed by atoms with van der Waals surface area (Å²) >= 11 is 5.92. The van der Waals surface area contributed by atoms with Crippen LogP contribution >= 0.6 is 11.6 Å². The van der Waals surface area contributed by atoms with Crippen molar-refractivity contribution in [3.05, 3.63) is 41.0 Å². The standard InChI is InChI=1S/C14H14ClF3N4/c1-2-6-19-12-5-7-20-13(22-12)21-11-8-9(14(16,17)18)3-4-10(11)15/h3-5,7-8H,2,6H2,1H3,(H2,19,20,21,22). The highest BCUT2D eigenvalue weighted by Gasteiger charge is 2.31. The molecule has 0 aliphatic carbocycles. The van der Waals surface area contributed by atoms with Crippen LogP contribution in [-0.2, 0) is 6.18 Å². The maximum absolute atomic E-state index is 12.7. The molecule has 2 aromatic rings. The first kappa shape index (κ1) is 16.4. The van der Waals surface area contributed by atoms with E-state index in [9.17, 15) is 13.2 Å². The Morgan fingerprint density at radius 1 is 1.23 bits per heavy atom. The molecular weight excluding hydrogens is 317 g/mol. The SMILES string of the molecule is CCCNc1ccnc(Nc2cc(C(F)(F)F)ccc2Cl)n1. The van der Waals surface area contributed by atoms with Crippen LogP contribution in [0, 0.1) is 0 Å². The Bertz CT molecular complexity index is 646. The lowest BCUT2D eigenvalue weighted by Gasteiger charge is -2.12. The normalized spacial score (nSPS) is 11.3. The molecule has 8 heteroatoms. The molecule has 2 N–H and O–H groups in total. The summed E-state index contributed by atoms with van der Waals surface area (Å²) in [6.45, 7) is 2.75. The van der Waals surface area contributed by atoms with E-state index in [0.717, 1.165) is 25.1 Å². The molecular formula is C14H14ClF3N4. The maximum Gasteiger partial charge on any atom is 0.416 e. The van der Waals surface area contributed by atoms with Crippen molar-refractivity contribution in [3.8, 4) is 0 Å². The van der Waals surface area contributed by atoms with Crippen molar-refractivity contribution >= 4 is 29.1 Å². The zero-order valence-electron chi connectivity index (χ0n) is 11.7. The van der Waals surface area contributed by atoms with E-state index in [1.54, 1.807) is 6.07 Å². The average molecular weight is 331 g/mol. The summed E-state index contributed by atoms with van der Waals surface area (Å²) in [5, 5.41) is 5.93. The lowest BCUT2D eigenvalue weighted by molar-refractivity contribution is -0.137. The van der Waals surface area contributed by atoms with Gasteiger partial charge in [0.15, 0.2) is 0 Å². The minimum atomic E-state index is -4.44. The Kier molecular flexibility index (Phi) is 5.07. The van der Waals surface area contributed by atoms with Crippen molar-refractivity contribution in [2.45, 2.75) is 19.5 Å². The van der Waals surface area contributed by atoms with Gasteiger partial charge in [0.25, 0.3) is 0 Å². The summed E-state index contributed by atoms with van der Waals surface area (Å²) in [6, 6.07) is 4.71. The second kappa shape index (κ2) is 6.83. The molecule has 0 bridgehead atoms. The van der Waals surface area contributed by atoms with Crippen LogP contribution in [-0.4, -0.2) is 16.5 Å². The molecule has 0 atom stereocenters. The summed E-state index contributed by atoms with van der Waals surface area (Å²) < 4.78 is 38.2. The molecule has 1 heterocycles. The van der Waals surface area contributed by atoms with Gasteiger partial charge in [-0.05, 0) is 30.7 Å². The third kappa shape index (κ3) is 4.24. The van der Waals surface area contributed by atoms with E-state index in [1.165, 1.54) is 12.3 Å². The quantitative estimate of drug-likeness (QED) is 0.833. The average Bonchev–Trinajstić information content (AvgIpc) is 2.46. The van der Waals surface area contributed by atoms with Gasteiger partial charge < -0.3 is 10.6 Å². The van der Waals surface area contributed by atoms with Crippen molar-refractivity contribution in [1.29, 1.82) is 0 Å². The predicted octanol–water partition coefficient (Wildman–Crippen LogP) is 4.71. The van der Waals surface area contributed by atoms with E-state index in [-0.39, 0.29) is 16.7 Å². The van der Waals surface area contributed by atoms with Crippen LogP contribution in [0.5, 0.6) is 0 Å². The third-order valence-electron chi connectivity index (χ3n) is 2.75. The molecule has 1 aromatic heterocycles. The number of aromatic nitrogens is 2. The van der Waals surface area contributed by atoms with Crippen LogP contribution < -0.4 is 10.6 Å². The minimum Gasteiger partial charge on any atom is -0.370 e. The third-order valence-corrected chi connectivity index (χ3v) is 3.08. The molecule has 1 aromatic carbocycles. The Balaban J connectivity index is 2.23. The van der Waals surface area contributed by atoms with Crippen LogP contribution in [0.3, 0.4) is 0 Å². The van der Waals surface area contributed by atoms with Gasteiger partial charge >= 0.3 is 6.18 Å². The van der Waals surface area contributed by atoms with Gasteiger partial charge in [-0.15, -0.1) is 0 Å². The molecule has 118 valence electrons. The number of rotatable bonds is 5. The van der Waals surface area contributed by atoms with E-state index in [1.807, 2.05) is 6.92 Å².